The maximum atomic E-state index is 11.6. The summed E-state index contributed by atoms with van der Waals surface area (Å²) in [7, 11) is 0. The number of carboxylic acid groups (broad SMARTS) is 1. The molecule has 0 aromatic carbocycles. The highest BCUT2D eigenvalue weighted by Crippen LogP contribution is 2.33. The summed E-state index contributed by atoms with van der Waals surface area (Å²) in [6.45, 7) is 1.53. The summed E-state index contributed by atoms with van der Waals surface area (Å²) in [5, 5.41) is 12.8. The maximum absolute atomic E-state index is 11.6. The molecule has 0 bridgehead atoms. The number of piperidine rings is 1. The van der Waals surface area contributed by atoms with Crippen molar-refractivity contribution in [2.24, 2.45) is 5.41 Å². The van der Waals surface area contributed by atoms with E-state index in [4.69, 9.17) is 0 Å². The van der Waals surface area contributed by atoms with E-state index in [0.717, 1.165) is 24.4 Å². The molecule has 0 amide bonds. The van der Waals surface area contributed by atoms with Crippen LogP contribution in [0, 0.1) is 5.41 Å². The topological polar surface area (TPSA) is 66.6 Å². The average molecular weight is 259 g/mol. The van der Waals surface area contributed by atoms with Crippen LogP contribution in [0.2, 0.25) is 0 Å². The second-order valence-electron chi connectivity index (χ2n) is 5.21. The summed E-state index contributed by atoms with van der Waals surface area (Å²) >= 11 is 0. The average Bonchev–Trinajstić information content (AvgIpc) is 2.81. The molecule has 2 aromatic rings. The molecule has 2 N–H and O–H groups in total. The summed E-state index contributed by atoms with van der Waals surface area (Å²) < 4.78 is 1.94. The van der Waals surface area contributed by atoms with Crippen molar-refractivity contribution < 1.29 is 9.90 Å². The van der Waals surface area contributed by atoms with E-state index in [1.807, 2.05) is 35.0 Å². The summed E-state index contributed by atoms with van der Waals surface area (Å²) in [6, 6.07) is 5.80. The van der Waals surface area contributed by atoms with Gasteiger partial charge in [-0.1, -0.05) is 6.07 Å². The predicted octanol–water partition coefficient (Wildman–Crippen LogP) is 1.33. The molecule has 19 heavy (non-hydrogen) atoms. The van der Waals surface area contributed by atoms with Gasteiger partial charge in [-0.3, -0.25) is 4.79 Å². The number of aromatic nitrogens is 2. The molecular weight excluding hydrogens is 242 g/mol. The molecule has 2 aromatic heterocycles. The molecule has 1 aliphatic heterocycles. The third-order valence-corrected chi connectivity index (χ3v) is 3.95. The van der Waals surface area contributed by atoms with Crippen molar-refractivity contribution in [3.8, 4) is 0 Å². The molecule has 0 radical (unpaired) electrons. The number of pyridine rings is 1. The smallest absolute Gasteiger partial charge is 0.310 e. The molecule has 3 heterocycles. The quantitative estimate of drug-likeness (QED) is 0.872. The van der Waals surface area contributed by atoms with E-state index < -0.39 is 11.4 Å². The number of hydrogen-bond acceptors (Lipinski definition) is 3. The number of carbonyl (C=O) groups is 1. The lowest BCUT2D eigenvalue weighted by molar-refractivity contribution is -0.150. The lowest BCUT2D eigenvalue weighted by Crippen LogP contribution is -2.43. The van der Waals surface area contributed by atoms with E-state index in [2.05, 4.69) is 10.3 Å². The van der Waals surface area contributed by atoms with Crippen LogP contribution in [0.25, 0.3) is 5.65 Å². The van der Waals surface area contributed by atoms with Gasteiger partial charge in [0.15, 0.2) is 0 Å². The molecule has 1 fully saturated rings. The Morgan fingerprint density at radius 1 is 1.42 bits per heavy atom. The van der Waals surface area contributed by atoms with Crippen molar-refractivity contribution >= 4 is 11.6 Å². The van der Waals surface area contributed by atoms with Crippen LogP contribution < -0.4 is 5.32 Å². The molecule has 0 aliphatic carbocycles. The number of hydrogen-bond donors (Lipinski definition) is 2. The Hall–Kier alpha value is -1.88. The Morgan fingerprint density at radius 2 is 2.21 bits per heavy atom. The summed E-state index contributed by atoms with van der Waals surface area (Å²) in [6.07, 6.45) is 5.70. The highest BCUT2D eigenvalue weighted by atomic mass is 16.4. The predicted molar refractivity (Wildman–Crippen MR) is 71.1 cm³/mol. The van der Waals surface area contributed by atoms with Gasteiger partial charge in [-0.15, -0.1) is 0 Å². The fraction of sp³-hybridized carbons (Fsp3) is 0.429. The van der Waals surface area contributed by atoms with Crippen LogP contribution in [0.15, 0.2) is 30.6 Å². The lowest BCUT2D eigenvalue weighted by atomic mass is 9.75. The second kappa shape index (κ2) is 4.66. The van der Waals surface area contributed by atoms with E-state index >= 15 is 0 Å². The minimum absolute atomic E-state index is 0.506. The van der Waals surface area contributed by atoms with E-state index in [9.17, 15) is 9.90 Å². The molecule has 1 saturated heterocycles. The Balaban J connectivity index is 1.91. The zero-order valence-corrected chi connectivity index (χ0v) is 10.7. The number of imidazole rings is 1. The van der Waals surface area contributed by atoms with Gasteiger partial charge in [0.1, 0.15) is 5.65 Å². The minimum Gasteiger partial charge on any atom is -0.481 e. The van der Waals surface area contributed by atoms with Crippen LogP contribution >= 0.6 is 0 Å². The van der Waals surface area contributed by atoms with E-state index in [1.165, 1.54) is 0 Å². The first-order valence-electron chi connectivity index (χ1n) is 6.56. The molecule has 100 valence electrons. The van der Waals surface area contributed by atoms with Crippen molar-refractivity contribution in [3.63, 3.8) is 0 Å². The number of aliphatic carboxylic acids is 1. The Bertz CT molecular complexity index is 567. The van der Waals surface area contributed by atoms with Gasteiger partial charge in [0.2, 0.25) is 0 Å². The van der Waals surface area contributed by atoms with Crippen LogP contribution in [-0.4, -0.2) is 33.6 Å². The van der Waals surface area contributed by atoms with Gasteiger partial charge >= 0.3 is 5.97 Å². The molecule has 1 aliphatic rings. The van der Waals surface area contributed by atoms with Gasteiger partial charge in [-0.25, -0.2) is 4.98 Å². The van der Waals surface area contributed by atoms with Crippen molar-refractivity contribution in [3.05, 3.63) is 36.3 Å². The number of rotatable bonds is 3. The van der Waals surface area contributed by atoms with Gasteiger partial charge in [0.05, 0.1) is 11.1 Å². The van der Waals surface area contributed by atoms with Gasteiger partial charge in [-0.05, 0) is 38.1 Å². The number of nitrogens with zero attached hydrogens (tertiary/aromatic N) is 2. The highest BCUT2D eigenvalue weighted by molar-refractivity contribution is 5.75. The normalized spacial score (nSPS) is 18.5. The monoisotopic (exact) mass is 259 g/mol. The van der Waals surface area contributed by atoms with Crippen LogP contribution in [0.3, 0.4) is 0 Å². The maximum Gasteiger partial charge on any atom is 0.310 e. The fourth-order valence-electron chi connectivity index (χ4n) is 2.79. The highest BCUT2D eigenvalue weighted by Gasteiger charge is 2.40. The van der Waals surface area contributed by atoms with E-state index in [-0.39, 0.29) is 0 Å². The SMILES string of the molecule is O=C(O)C1(Cc2cn3ccccc3n2)CCNCC1. The van der Waals surface area contributed by atoms with Crippen molar-refractivity contribution in [1.82, 2.24) is 14.7 Å². The fourth-order valence-corrected chi connectivity index (χ4v) is 2.79. The first-order valence-corrected chi connectivity index (χ1v) is 6.56. The first-order chi connectivity index (χ1) is 9.20. The number of carboxylic acids is 1. The van der Waals surface area contributed by atoms with Crippen LogP contribution in [0.5, 0.6) is 0 Å². The molecular formula is C14H17N3O2. The van der Waals surface area contributed by atoms with E-state index in [1.54, 1.807) is 0 Å². The summed E-state index contributed by atoms with van der Waals surface area (Å²) in [4.78, 5) is 16.1. The van der Waals surface area contributed by atoms with E-state index in [0.29, 0.717) is 19.3 Å². The Morgan fingerprint density at radius 3 is 2.89 bits per heavy atom. The lowest BCUT2D eigenvalue weighted by Gasteiger charge is -2.33. The van der Waals surface area contributed by atoms with Gasteiger partial charge in [0, 0.05) is 18.8 Å². The molecule has 0 spiro atoms. The standard InChI is InChI=1S/C14H17N3O2/c18-13(19)14(4-6-15-7-5-14)9-11-10-17-8-2-1-3-12(17)16-11/h1-3,8,10,15H,4-7,9H2,(H,18,19). The van der Waals surface area contributed by atoms with Crippen LogP contribution in [0.4, 0.5) is 0 Å². The Kier molecular flexibility index (Phi) is 2.98. The number of fused-ring (bicyclic) bond motifs is 1. The molecule has 5 heteroatoms. The Labute approximate surface area is 111 Å². The first kappa shape index (κ1) is 12.2. The zero-order chi connectivity index (χ0) is 13.3. The second-order valence-corrected chi connectivity index (χ2v) is 5.21. The molecule has 0 unspecified atom stereocenters. The van der Waals surface area contributed by atoms with Crippen LogP contribution in [0.1, 0.15) is 18.5 Å². The minimum atomic E-state index is -0.703. The molecule has 0 atom stereocenters. The molecule has 0 saturated carbocycles. The van der Waals surface area contributed by atoms with Gasteiger partial charge < -0.3 is 14.8 Å². The van der Waals surface area contributed by atoms with Crippen molar-refractivity contribution in [2.75, 3.05) is 13.1 Å². The van der Waals surface area contributed by atoms with Gasteiger partial charge in [-0.2, -0.15) is 0 Å². The van der Waals surface area contributed by atoms with Crippen molar-refractivity contribution in [1.29, 1.82) is 0 Å². The third-order valence-electron chi connectivity index (χ3n) is 3.95. The third kappa shape index (κ3) is 2.21. The molecule has 3 rings (SSSR count). The van der Waals surface area contributed by atoms with Crippen LogP contribution in [-0.2, 0) is 11.2 Å². The summed E-state index contributed by atoms with van der Waals surface area (Å²) in [5.74, 6) is -0.703. The largest absolute Gasteiger partial charge is 0.481 e. The molecule has 5 nitrogen and oxygen atoms in total. The van der Waals surface area contributed by atoms with Crippen molar-refractivity contribution in [2.45, 2.75) is 19.3 Å². The van der Waals surface area contributed by atoms with Gasteiger partial charge in [0.25, 0.3) is 0 Å². The summed E-state index contributed by atoms with van der Waals surface area (Å²) in [5.41, 5.74) is 1.06. The zero-order valence-electron chi connectivity index (χ0n) is 10.7. The number of nitrogens with one attached hydrogen (secondary N) is 1.